The zero-order valence-electron chi connectivity index (χ0n) is 15.0. The van der Waals surface area contributed by atoms with Gasteiger partial charge in [0.2, 0.25) is 0 Å². The molecule has 1 amide bonds. The smallest absolute Gasteiger partial charge is 0.265 e. The average molecular weight is 339 g/mol. The van der Waals surface area contributed by atoms with E-state index in [0.717, 1.165) is 16.9 Å². The van der Waals surface area contributed by atoms with Gasteiger partial charge >= 0.3 is 0 Å². The van der Waals surface area contributed by atoms with Gasteiger partial charge < -0.3 is 14.8 Å². The molecule has 2 rings (SSSR count). The van der Waals surface area contributed by atoms with E-state index in [1.165, 1.54) is 0 Å². The highest BCUT2D eigenvalue weighted by molar-refractivity contribution is 5.94. The fourth-order valence-electron chi connectivity index (χ4n) is 2.50. The van der Waals surface area contributed by atoms with Gasteiger partial charge in [0.05, 0.1) is 0 Å². The van der Waals surface area contributed by atoms with E-state index in [9.17, 15) is 4.79 Å². The van der Waals surface area contributed by atoms with E-state index in [1.54, 1.807) is 18.2 Å². The molecule has 4 nitrogen and oxygen atoms in total. The molecular weight excluding hydrogens is 314 g/mol. The second-order valence-corrected chi connectivity index (χ2v) is 5.95. The first-order valence-electron chi connectivity index (χ1n) is 8.41. The first-order chi connectivity index (χ1) is 12.0. The minimum atomic E-state index is -0.544. The van der Waals surface area contributed by atoms with Crippen molar-refractivity contribution < 1.29 is 14.3 Å². The lowest BCUT2D eigenvalue weighted by atomic mass is 10.1. The lowest BCUT2D eigenvalue weighted by Crippen LogP contribution is -2.32. The number of hydrogen-bond donors (Lipinski definition) is 1. The maximum atomic E-state index is 12.5. The molecule has 0 saturated carbocycles. The molecule has 0 bridgehead atoms. The number of carbonyl (C=O) groups excluding carboxylic acids is 1. The first-order valence-corrected chi connectivity index (χ1v) is 8.41. The topological polar surface area (TPSA) is 47.6 Å². The molecule has 2 aromatic rings. The van der Waals surface area contributed by atoms with Crippen LogP contribution in [0.4, 0.5) is 5.69 Å². The summed E-state index contributed by atoms with van der Waals surface area (Å²) < 4.78 is 11.3. The highest BCUT2D eigenvalue weighted by atomic mass is 16.5. The molecule has 0 aliphatic heterocycles. The third-order valence-electron chi connectivity index (χ3n) is 3.63. The number of carbonyl (C=O) groups is 1. The summed E-state index contributed by atoms with van der Waals surface area (Å²) in [6, 6.07) is 13.2. The van der Waals surface area contributed by atoms with Gasteiger partial charge in [0.1, 0.15) is 18.1 Å². The Kier molecular flexibility index (Phi) is 6.63. The number of hydrogen-bond acceptors (Lipinski definition) is 3. The summed E-state index contributed by atoms with van der Waals surface area (Å²) in [5, 5.41) is 2.89. The number of ether oxygens (including phenoxy) is 2. The van der Waals surface area contributed by atoms with Crippen LogP contribution in [-0.2, 0) is 4.79 Å². The Morgan fingerprint density at radius 2 is 1.76 bits per heavy atom. The van der Waals surface area contributed by atoms with Crippen LogP contribution in [0.2, 0.25) is 0 Å². The Bertz CT molecular complexity index is 702. The van der Waals surface area contributed by atoms with E-state index in [2.05, 4.69) is 18.0 Å². The van der Waals surface area contributed by atoms with Gasteiger partial charge in [-0.1, -0.05) is 25.6 Å². The van der Waals surface area contributed by atoms with Crippen molar-refractivity contribution in [2.24, 2.45) is 0 Å². The molecule has 0 heterocycles. The van der Waals surface area contributed by atoms with Gasteiger partial charge in [0.15, 0.2) is 6.10 Å². The second-order valence-electron chi connectivity index (χ2n) is 5.95. The van der Waals surface area contributed by atoms with Crippen molar-refractivity contribution in [3.63, 3.8) is 0 Å². The van der Waals surface area contributed by atoms with Crippen molar-refractivity contribution >= 4 is 11.6 Å². The van der Waals surface area contributed by atoms with Gasteiger partial charge in [-0.05, 0) is 67.8 Å². The van der Waals surface area contributed by atoms with Crippen molar-refractivity contribution in [3.05, 3.63) is 66.2 Å². The molecule has 0 spiro atoms. The summed E-state index contributed by atoms with van der Waals surface area (Å²) in [4.78, 5) is 12.5. The van der Waals surface area contributed by atoms with Crippen molar-refractivity contribution in [2.45, 2.75) is 33.3 Å². The Morgan fingerprint density at radius 3 is 2.32 bits per heavy atom. The zero-order chi connectivity index (χ0) is 18.2. The predicted octanol–water partition coefficient (Wildman–Crippen LogP) is 4.66. The van der Waals surface area contributed by atoms with E-state index in [4.69, 9.17) is 9.47 Å². The molecule has 1 N–H and O–H groups in total. The molecule has 4 heteroatoms. The van der Waals surface area contributed by atoms with Crippen LogP contribution >= 0.6 is 0 Å². The number of amides is 1. The van der Waals surface area contributed by atoms with Gasteiger partial charge in [0.25, 0.3) is 5.91 Å². The molecule has 0 unspecified atom stereocenters. The largest absolute Gasteiger partial charge is 0.490 e. The van der Waals surface area contributed by atoms with Gasteiger partial charge in [-0.15, -0.1) is 0 Å². The highest BCUT2D eigenvalue weighted by Gasteiger charge is 2.18. The van der Waals surface area contributed by atoms with Gasteiger partial charge in [-0.25, -0.2) is 0 Å². The quantitative estimate of drug-likeness (QED) is 0.711. The standard InChI is InChI=1S/C21H25NO3/c1-5-11-24-18-9-7-17(8-10-18)22-21(23)20(6-2)25-19-13-15(3)12-16(4)14-19/h5,7-10,12-14,20H,1,6,11H2,2-4H3,(H,22,23)/t20-/m1/s1. The van der Waals surface area contributed by atoms with Crippen LogP contribution in [0.15, 0.2) is 55.1 Å². The third-order valence-corrected chi connectivity index (χ3v) is 3.63. The predicted molar refractivity (Wildman–Crippen MR) is 101 cm³/mol. The third kappa shape index (κ3) is 5.68. The van der Waals surface area contributed by atoms with Crippen LogP contribution in [0, 0.1) is 13.8 Å². The van der Waals surface area contributed by atoms with Crippen LogP contribution in [0.25, 0.3) is 0 Å². The molecule has 0 aromatic heterocycles. The lowest BCUT2D eigenvalue weighted by molar-refractivity contribution is -0.122. The molecule has 0 radical (unpaired) electrons. The van der Waals surface area contributed by atoms with E-state index in [-0.39, 0.29) is 5.91 Å². The van der Waals surface area contributed by atoms with Crippen molar-refractivity contribution in [3.8, 4) is 11.5 Å². The van der Waals surface area contributed by atoms with Gasteiger partial charge in [-0.2, -0.15) is 0 Å². The van der Waals surface area contributed by atoms with Crippen LogP contribution in [0.3, 0.4) is 0 Å². The monoisotopic (exact) mass is 339 g/mol. The van der Waals surface area contributed by atoms with E-state index >= 15 is 0 Å². The number of anilines is 1. The molecule has 0 fully saturated rings. The summed E-state index contributed by atoms with van der Waals surface area (Å²) in [6.45, 7) is 10.0. The first kappa shape index (κ1) is 18.6. The van der Waals surface area contributed by atoms with Crippen molar-refractivity contribution in [2.75, 3.05) is 11.9 Å². The summed E-state index contributed by atoms with van der Waals surface area (Å²) in [5.41, 5.74) is 2.93. The van der Waals surface area contributed by atoms with Crippen molar-refractivity contribution in [1.29, 1.82) is 0 Å². The van der Waals surface area contributed by atoms with Crippen LogP contribution in [0.5, 0.6) is 11.5 Å². The number of aryl methyl sites for hydroxylation is 2. The number of benzene rings is 2. The Balaban J connectivity index is 2.00. The molecule has 132 valence electrons. The van der Waals surface area contributed by atoms with Crippen molar-refractivity contribution in [1.82, 2.24) is 0 Å². The highest BCUT2D eigenvalue weighted by Crippen LogP contribution is 2.20. The Hall–Kier alpha value is -2.75. The maximum absolute atomic E-state index is 12.5. The summed E-state index contributed by atoms with van der Waals surface area (Å²) in [5.74, 6) is 1.28. The molecule has 0 aliphatic rings. The number of rotatable bonds is 8. The van der Waals surface area contributed by atoms with E-state index in [0.29, 0.717) is 24.5 Å². The fourth-order valence-corrected chi connectivity index (χ4v) is 2.50. The van der Waals surface area contributed by atoms with Gasteiger partial charge in [-0.3, -0.25) is 4.79 Å². The van der Waals surface area contributed by atoms with Crippen LogP contribution in [0.1, 0.15) is 24.5 Å². The maximum Gasteiger partial charge on any atom is 0.265 e. The molecule has 0 saturated heterocycles. The molecule has 25 heavy (non-hydrogen) atoms. The zero-order valence-corrected chi connectivity index (χ0v) is 15.0. The molecular formula is C21H25NO3. The summed E-state index contributed by atoms with van der Waals surface area (Å²) in [7, 11) is 0. The second kappa shape index (κ2) is 8.92. The normalized spacial score (nSPS) is 11.5. The van der Waals surface area contributed by atoms with Crippen LogP contribution in [-0.4, -0.2) is 18.6 Å². The minimum absolute atomic E-state index is 0.165. The Morgan fingerprint density at radius 1 is 1.12 bits per heavy atom. The number of nitrogens with one attached hydrogen (secondary N) is 1. The lowest BCUT2D eigenvalue weighted by Gasteiger charge is -2.18. The Labute approximate surface area is 149 Å². The molecule has 0 aliphatic carbocycles. The average Bonchev–Trinajstić information content (AvgIpc) is 2.58. The summed E-state index contributed by atoms with van der Waals surface area (Å²) in [6.07, 6.45) is 1.73. The summed E-state index contributed by atoms with van der Waals surface area (Å²) >= 11 is 0. The minimum Gasteiger partial charge on any atom is -0.490 e. The van der Waals surface area contributed by atoms with Gasteiger partial charge in [0, 0.05) is 5.69 Å². The fraction of sp³-hybridized carbons (Fsp3) is 0.286. The van der Waals surface area contributed by atoms with E-state index in [1.807, 2.05) is 45.0 Å². The van der Waals surface area contributed by atoms with E-state index < -0.39 is 6.10 Å². The SMILES string of the molecule is C=CCOc1ccc(NC(=O)[C@@H](CC)Oc2cc(C)cc(C)c2)cc1. The van der Waals surface area contributed by atoms with Crippen LogP contribution < -0.4 is 14.8 Å². The molecule has 1 atom stereocenters. The molecule has 2 aromatic carbocycles.